The maximum absolute atomic E-state index is 13.0. The van der Waals surface area contributed by atoms with Crippen LogP contribution < -0.4 is 0 Å². The summed E-state index contributed by atoms with van der Waals surface area (Å²) in [6.45, 7) is 4.37. The van der Waals surface area contributed by atoms with Crippen LogP contribution in [0.3, 0.4) is 0 Å². The number of halogens is 1. The van der Waals surface area contributed by atoms with Gasteiger partial charge in [-0.2, -0.15) is 0 Å². The van der Waals surface area contributed by atoms with Crippen molar-refractivity contribution in [2.75, 3.05) is 18.1 Å². The summed E-state index contributed by atoms with van der Waals surface area (Å²) in [4.78, 5) is 14.7. The second-order valence-electron chi connectivity index (χ2n) is 6.25. The summed E-state index contributed by atoms with van der Waals surface area (Å²) in [7, 11) is -3.05. The first kappa shape index (κ1) is 17.5. The molecule has 24 heavy (non-hydrogen) atoms. The van der Waals surface area contributed by atoms with Crippen LogP contribution in [0.5, 0.6) is 0 Å². The second-order valence-corrected chi connectivity index (χ2v) is 9.40. The standard InChI is InChI=1S/C17H20BrNO4S/c1-3-7-19(13-6-8-24(21,22)10-13)17(20)16-11(2)14-9-12(18)4-5-15(14)23-16/h4-5,9,13H,3,6-8,10H2,1-2H3. The van der Waals surface area contributed by atoms with Crippen molar-refractivity contribution in [2.24, 2.45) is 0 Å². The third-order valence-electron chi connectivity index (χ3n) is 4.47. The summed E-state index contributed by atoms with van der Waals surface area (Å²) in [6.07, 6.45) is 1.27. The lowest BCUT2D eigenvalue weighted by atomic mass is 10.1. The smallest absolute Gasteiger partial charge is 0.290 e. The average Bonchev–Trinajstić information content (AvgIpc) is 3.04. The van der Waals surface area contributed by atoms with Gasteiger partial charge >= 0.3 is 0 Å². The summed E-state index contributed by atoms with van der Waals surface area (Å²) >= 11 is 3.43. The van der Waals surface area contributed by atoms with Gasteiger partial charge in [-0.05, 0) is 38.0 Å². The number of aryl methyl sites for hydroxylation is 1. The van der Waals surface area contributed by atoms with Crippen LogP contribution in [0.4, 0.5) is 0 Å². The minimum absolute atomic E-state index is 0.0452. The molecule has 3 rings (SSSR count). The highest BCUT2D eigenvalue weighted by Crippen LogP contribution is 2.30. The molecule has 1 fully saturated rings. The number of carbonyl (C=O) groups is 1. The number of sulfone groups is 1. The number of nitrogens with zero attached hydrogens (tertiary/aromatic N) is 1. The van der Waals surface area contributed by atoms with Gasteiger partial charge in [-0.3, -0.25) is 4.79 Å². The van der Waals surface area contributed by atoms with Crippen LogP contribution in [0.2, 0.25) is 0 Å². The molecule has 7 heteroatoms. The monoisotopic (exact) mass is 413 g/mol. The largest absolute Gasteiger partial charge is 0.451 e. The Balaban J connectivity index is 1.97. The number of amides is 1. The van der Waals surface area contributed by atoms with Gasteiger partial charge in [0.15, 0.2) is 15.6 Å². The number of rotatable bonds is 4. The van der Waals surface area contributed by atoms with Gasteiger partial charge in [0, 0.05) is 28.0 Å². The topological polar surface area (TPSA) is 67.6 Å². The fourth-order valence-electron chi connectivity index (χ4n) is 3.24. The first-order valence-electron chi connectivity index (χ1n) is 8.02. The van der Waals surface area contributed by atoms with Crippen LogP contribution in [0, 0.1) is 6.92 Å². The highest BCUT2D eigenvalue weighted by atomic mass is 79.9. The summed E-state index contributed by atoms with van der Waals surface area (Å²) in [6, 6.07) is 5.36. The van der Waals surface area contributed by atoms with E-state index in [0.717, 1.165) is 21.8 Å². The number of hydrogen-bond donors (Lipinski definition) is 0. The molecule has 0 N–H and O–H groups in total. The van der Waals surface area contributed by atoms with Gasteiger partial charge in [0.1, 0.15) is 5.58 Å². The molecule has 2 aromatic rings. The van der Waals surface area contributed by atoms with Gasteiger partial charge in [-0.15, -0.1) is 0 Å². The molecule has 0 aliphatic carbocycles. The predicted molar refractivity (Wildman–Crippen MR) is 97.0 cm³/mol. The fourth-order valence-corrected chi connectivity index (χ4v) is 5.33. The fraction of sp³-hybridized carbons (Fsp3) is 0.471. The van der Waals surface area contributed by atoms with Crippen LogP contribution in [0.15, 0.2) is 27.1 Å². The van der Waals surface area contributed by atoms with E-state index in [1.807, 2.05) is 32.0 Å². The van der Waals surface area contributed by atoms with E-state index in [1.54, 1.807) is 4.90 Å². The average molecular weight is 414 g/mol. The zero-order valence-electron chi connectivity index (χ0n) is 13.7. The SMILES string of the molecule is CCCN(C(=O)c1oc2ccc(Br)cc2c1C)C1CCS(=O)(=O)C1. The number of furan rings is 1. The summed E-state index contributed by atoms with van der Waals surface area (Å²) in [5, 5.41) is 0.892. The maximum Gasteiger partial charge on any atom is 0.290 e. The van der Waals surface area contributed by atoms with Crippen molar-refractivity contribution in [1.82, 2.24) is 4.90 Å². The molecule has 1 unspecified atom stereocenters. The Hall–Kier alpha value is -1.34. The molecule has 1 aliphatic rings. The highest BCUT2D eigenvalue weighted by molar-refractivity contribution is 9.10. The molecule has 1 aromatic heterocycles. The van der Waals surface area contributed by atoms with E-state index in [4.69, 9.17) is 4.42 Å². The highest BCUT2D eigenvalue weighted by Gasteiger charge is 2.36. The van der Waals surface area contributed by atoms with Gasteiger partial charge in [0.25, 0.3) is 5.91 Å². The molecular weight excluding hydrogens is 394 g/mol. The lowest BCUT2D eigenvalue weighted by Gasteiger charge is -2.27. The Morgan fingerprint density at radius 2 is 2.17 bits per heavy atom. The van der Waals surface area contributed by atoms with Crippen LogP contribution in [-0.2, 0) is 9.84 Å². The third-order valence-corrected chi connectivity index (χ3v) is 6.71. The molecule has 130 valence electrons. The van der Waals surface area contributed by atoms with E-state index >= 15 is 0 Å². The first-order valence-corrected chi connectivity index (χ1v) is 10.6. The minimum atomic E-state index is -3.05. The second kappa shape index (κ2) is 6.52. The van der Waals surface area contributed by atoms with E-state index in [0.29, 0.717) is 24.3 Å². The molecule has 2 heterocycles. The summed E-state index contributed by atoms with van der Waals surface area (Å²) < 4.78 is 30.3. The van der Waals surface area contributed by atoms with Crippen LogP contribution in [0.25, 0.3) is 11.0 Å². The van der Waals surface area contributed by atoms with Crippen LogP contribution in [0.1, 0.15) is 35.9 Å². The van der Waals surface area contributed by atoms with Crippen LogP contribution in [-0.4, -0.2) is 43.3 Å². The van der Waals surface area contributed by atoms with E-state index in [9.17, 15) is 13.2 Å². The van der Waals surface area contributed by atoms with E-state index in [1.165, 1.54) is 0 Å². The zero-order valence-corrected chi connectivity index (χ0v) is 16.1. The van der Waals surface area contributed by atoms with Gasteiger partial charge in [0.2, 0.25) is 0 Å². The summed E-state index contributed by atoms with van der Waals surface area (Å²) in [5.41, 5.74) is 1.45. The normalized spacial score (nSPS) is 19.7. The lowest BCUT2D eigenvalue weighted by Crippen LogP contribution is -2.41. The molecule has 1 saturated heterocycles. The Kier molecular flexibility index (Phi) is 4.75. The molecule has 0 bridgehead atoms. The van der Waals surface area contributed by atoms with Crippen molar-refractivity contribution in [1.29, 1.82) is 0 Å². The van der Waals surface area contributed by atoms with Crippen molar-refractivity contribution in [2.45, 2.75) is 32.7 Å². The van der Waals surface area contributed by atoms with Gasteiger partial charge in [-0.1, -0.05) is 22.9 Å². The molecule has 0 saturated carbocycles. The number of carbonyl (C=O) groups excluding carboxylic acids is 1. The van der Waals surface area contributed by atoms with E-state index in [-0.39, 0.29) is 23.5 Å². The van der Waals surface area contributed by atoms with Crippen LogP contribution >= 0.6 is 15.9 Å². The molecule has 5 nitrogen and oxygen atoms in total. The molecule has 1 amide bonds. The Labute approximate surface area is 150 Å². The van der Waals surface area contributed by atoms with Crippen molar-refractivity contribution in [3.63, 3.8) is 0 Å². The molecule has 1 atom stereocenters. The van der Waals surface area contributed by atoms with Crippen molar-refractivity contribution >= 4 is 42.6 Å². The molecule has 1 aromatic carbocycles. The predicted octanol–water partition coefficient (Wildman–Crippen LogP) is 3.54. The van der Waals surface area contributed by atoms with Crippen molar-refractivity contribution in [3.05, 3.63) is 34.0 Å². The molecule has 0 radical (unpaired) electrons. The van der Waals surface area contributed by atoms with E-state index < -0.39 is 9.84 Å². The van der Waals surface area contributed by atoms with Crippen molar-refractivity contribution < 1.29 is 17.6 Å². The Bertz CT molecular complexity index is 887. The quantitative estimate of drug-likeness (QED) is 0.768. The first-order chi connectivity index (χ1) is 11.3. The zero-order chi connectivity index (χ0) is 17.5. The summed E-state index contributed by atoms with van der Waals surface area (Å²) in [5.74, 6) is 0.283. The Morgan fingerprint density at radius 1 is 1.42 bits per heavy atom. The maximum atomic E-state index is 13.0. The van der Waals surface area contributed by atoms with E-state index in [2.05, 4.69) is 15.9 Å². The van der Waals surface area contributed by atoms with Gasteiger partial charge in [0.05, 0.1) is 11.5 Å². The number of fused-ring (bicyclic) bond motifs is 1. The molecule has 1 aliphatic heterocycles. The third kappa shape index (κ3) is 3.24. The minimum Gasteiger partial charge on any atom is -0.451 e. The molecule has 0 spiro atoms. The van der Waals surface area contributed by atoms with Gasteiger partial charge in [-0.25, -0.2) is 8.42 Å². The van der Waals surface area contributed by atoms with Gasteiger partial charge < -0.3 is 9.32 Å². The Morgan fingerprint density at radius 3 is 2.79 bits per heavy atom. The number of hydrogen-bond acceptors (Lipinski definition) is 4. The number of benzene rings is 1. The molecular formula is C17H20BrNO4S. The van der Waals surface area contributed by atoms with Crippen molar-refractivity contribution in [3.8, 4) is 0 Å². The lowest BCUT2D eigenvalue weighted by molar-refractivity contribution is 0.0666.